The normalized spacial score (nSPS) is 22.8. The Bertz CT molecular complexity index is 835. The predicted octanol–water partition coefficient (Wildman–Crippen LogP) is 3.16. The molecule has 3 aromatic rings. The second-order valence-electron chi connectivity index (χ2n) is 5.95. The number of fused-ring (bicyclic) bond motifs is 1. The van der Waals surface area contributed by atoms with Gasteiger partial charge in [0.15, 0.2) is 11.4 Å². The lowest BCUT2D eigenvalue weighted by Crippen LogP contribution is -2.11. The highest BCUT2D eigenvalue weighted by molar-refractivity contribution is 6.19. The van der Waals surface area contributed by atoms with Gasteiger partial charge in [0.25, 0.3) is 0 Å². The fourth-order valence-electron chi connectivity index (χ4n) is 2.89. The first-order valence-electron chi connectivity index (χ1n) is 8.10. The second kappa shape index (κ2) is 7.28. The van der Waals surface area contributed by atoms with E-state index >= 15 is 0 Å². The van der Waals surface area contributed by atoms with Crippen molar-refractivity contribution >= 4 is 34.4 Å². The van der Waals surface area contributed by atoms with E-state index in [1.165, 1.54) is 0 Å². The molecule has 8 nitrogen and oxygen atoms in total. The molecule has 4 heterocycles. The minimum Gasteiger partial charge on any atom is -0.463 e. The van der Waals surface area contributed by atoms with Crippen molar-refractivity contribution in [1.29, 1.82) is 0 Å². The van der Waals surface area contributed by atoms with Crippen LogP contribution in [0.5, 0.6) is 0 Å². The first kappa shape index (κ1) is 17.5. The van der Waals surface area contributed by atoms with E-state index in [-0.39, 0.29) is 17.3 Å². The molecular formula is C16H21ClN6O2. The van der Waals surface area contributed by atoms with Gasteiger partial charge in [-0.25, -0.2) is 0 Å². The first-order chi connectivity index (χ1) is 12.0. The molecule has 1 aliphatic rings. The molecule has 4 rings (SSSR count). The molecule has 0 amide bonds. The van der Waals surface area contributed by atoms with Crippen molar-refractivity contribution in [1.82, 2.24) is 20.2 Å². The Hall–Kier alpha value is -2.32. The summed E-state index contributed by atoms with van der Waals surface area (Å²) in [6, 6.07) is 3.57. The third-order valence-electron chi connectivity index (χ3n) is 4.14. The number of aromatic nitrogens is 4. The van der Waals surface area contributed by atoms with Crippen LogP contribution in [-0.4, -0.2) is 31.8 Å². The number of rotatable bonds is 2. The molecule has 3 aromatic heterocycles. The van der Waals surface area contributed by atoms with Crippen molar-refractivity contribution in [3.05, 3.63) is 18.4 Å². The summed E-state index contributed by atoms with van der Waals surface area (Å²) >= 11 is 5.76. The topological polar surface area (TPSA) is 129 Å². The number of nitrogens with one attached hydrogen (secondary N) is 1. The molecule has 0 spiro atoms. The van der Waals surface area contributed by atoms with Crippen LogP contribution in [0.25, 0.3) is 22.5 Å². The van der Waals surface area contributed by atoms with Crippen LogP contribution in [0.1, 0.15) is 26.7 Å². The molecular weight excluding hydrogens is 344 g/mol. The van der Waals surface area contributed by atoms with Gasteiger partial charge in [-0.2, -0.15) is 15.1 Å². The van der Waals surface area contributed by atoms with E-state index in [2.05, 4.69) is 34.0 Å². The molecule has 0 bridgehead atoms. The number of nitrogen functional groups attached to an aromatic ring is 2. The highest BCUT2D eigenvalue weighted by atomic mass is 35.5. The van der Waals surface area contributed by atoms with E-state index in [0.717, 1.165) is 12.8 Å². The number of hydrogen-bond acceptors (Lipinski definition) is 7. The summed E-state index contributed by atoms with van der Waals surface area (Å²) in [6.07, 6.45) is 4.08. The molecule has 3 unspecified atom stereocenters. The summed E-state index contributed by atoms with van der Waals surface area (Å²) < 4.78 is 10.6. The van der Waals surface area contributed by atoms with Gasteiger partial charge in [-0.15, -0.1) is 0 Å². The minimum absolute atomic E-state index is 0.0232. The third-order valence-corrected chi connectivity index (χ3v) is 4.42. The van der Waals surface area contributed by atoms with Gasteiger partial charge in [-0.05, 0) is 30.9 Å². The maximum Gasteiger partial charge on any atom is 0.224 e. The molecule has 0 aromatic carbocycles. The smallest absolute Gasteiger partial charge is 0.224 e. The number of anilines is 2. The van der Waals surface area contributed by atoms with Gasteiger partial charge in [0.1, 0.15) is 17.1 Å². The summed E-state index contributed by atoms with van der Waals surface area (Å²) in [5.41, 5.74) is 12.3. The van der Waals surface area contributed by atoms with Crippen LogP contribution in [0.2, 0.25) is 0 Å². The molecule has 134 valence electrons. The van der Waals surface area contributed by atoms with Gasteiger partial charge in [0, 0.05) is 0 Å². The van der Waals surface area contributed by atoms with Crippen molar-refractivity contribution < 1.29 is 9.15 Å². The molecule has 0 aliphatic carbocycles. The highest BCUT2D eigenvalue weighted by Gasteiger charge is 2.28. The molecule has 5 N–H and O–H groups in total. The van der Waals surface area contributed by atoms with E-state index in [0.29, 0.717) is 34.5 Å². The summed E-state index contributed by atoms with van der Waals surface area (Å²) in [4.78, 5) is 7.86. The van der Waals surface area contributed by atoms with Gasteiger partial charge in [-0.3, -0.25) is 5.10 Å². The van der Waals surface area contributed by atoms with Gasteiger partial charge in [0.05, 0.1) is 17.8 Å². The van der Waals surface area contributed by atoms with Crippen LogP contribution in [0.3, 0.4) is 0 Å². The Balaban J connectivity index is 0.000000173. The molecule has 3 atom stereocenters. The maximum absolute atomic E-state index is 5.78. The lowest BCUT2D eigenvalue weighted by Gasteiger charge is -2.09. The van der Waals surface area contributed by atoms with Crippen molar-refractivity contribution in [2.45, 2.75) is 38.4 Å². The Morgan fingerprint density at radius 1 is 1.36 bits per heavy atom. The van der Waals surface area contributed by atoms with Crippen LogP contribution >= 0.6 is 11.6 Å². The van der Waals surface area contributed by atoms with Gasteiger partial charge in [0.2, 0.25) is 5.95 Å². The summed E-state index contributed by atoms with van der Waals surface area (Å²) in [6.45, 7) is 4.33. The van der Waals surface area contributed by atoms with E-state index in [9.17, 15) is 0 Å². The molecule has 25 heavy (non-hydrogen) atoms. The fraction of sp³-hybridized carbons (Fsp3) is 0.438. The Morgan fingerprint density at radius 3 is 2.72 bits per heavy atom. The Labute approximate surface area is 149 Å². The molecule has 9 heteroatoms. The predicted molar refractivity (Wildman–Crippen MR) is 96.8 cm³/mol. The van der Waals surface area contributed by atoms with E-state index in [4.69, 9.17) is 32.2 Å². The van der Waals surface area contributed by atoms with Crippen molar-refractivity contribution in [3.63, 3.8) is 0 Å². The fourth-order valence-corrected chi connectivity index (χ4v) is 3.30. The number of ether oxygens (including phenoxy) is 1. The molecule has 1 aliphatic heterocycles. The Kier molecular flexibility index (Phi) is 5.10. The number of nitrogens with two attached hydrogens (primary N) is 2. The van der Waals surface area contributed by atoms with Gasteiger partial charge < -0.3 is 20.6 Å². The van der Waals surface area contributed by atoms with Crippen LogP contribution in [-0.2, 0) is 4.74 Å². The Morgan fingerprint density at radius 2 is 2.16 bits per heavy atom. The molecule has 1 fully saturated rings. The first-order valence-corrected chi connectivity index (χ1v) is 8.53. The molecule has 0 radical (unpaired) electrons. The average molecular weight is 365 g/mol. The standard InChI is InChI=1S/C9H8N6O.C7H13ClO/c10-7-5-6(4-2-1-3-16-4)14-15-8(5)13-9(11)12-7;1-3-6-5(2)4-7(8)9-6/h1-3H,(H5,10,11,12,13,14,15);5-7H,3-4H2,1-2H3. The number of aromatic amines is 1. The van der Waals surface area contributed by atoms with E-state index in [1.807, 2.05) is 0 Å². The minimum atomic E-state index is -0.0232. The zero-order valence-electron chi connectivity index (χ0n) is 14.1. The molecule has 0 saturated carbocycles. The number of hydrogen-bond donors (Lipinski definition) is 3. The van der Waals surface area contributed by atoms with Crippen LogP contribution in [0, 0.1) is 5.92 Å². The quantitative estimate of drug-likeness (QED) is 0.595. The van der Waals surface area contributed by atoms with Crippen LogP contribution in [0.15, 0.2) is 22.8 Å². The number of H-pyrrole nitrogens is 1. The highest BCUT2D eigenvalue weighted by Crippen LogP contribution is 2.30. The summed E-state index contributed by atoms with van der Waals surface area (Å²) in [7, 11) is 0. The number of halogens is 1. The number of alkyl halides is 1. The number of nitrogens with zero attached hydrogens (tertiary/aromatic N) is 3. The van der Waals surface area contributed by atoms with Crippen molar-refractivity contribution in [2.24, 2.45) is 5.92 Å². The van der Waals surface area contributed by atoms with Crippen LogP contribution in [0.4, 0.5) is 11.8 Å². The maximum atomic E-state index is 5.78. The lowest BCUT2D eigenvalue weighted by atomic mass is 10.0. The molecule has 1 saturated heterocycles. The van der Waals surface area contributed by atoms with Gasteiger partial charge in [-0.1, -0.05) is 25.4 Å². The zero-order valence-corrected chi connectivity index (χ0v) is 14.8. The van der Waals surface area contributed by atoms with Crippen molar-refractivity contribution in [3.8, 4) is 11.5 Å². The van der Waals surface area contributed by atoms with Gasteiger partial charge >= 0.3 is 0 Å². The average Bonchev–Trinajstić information content (AvgIpc) is 3.26. The third kappa shape index (κ3) is 3.69. The summed E-state index contributed by atoms with van der Waals surface area (Å²) in [5, 5.41) is 7.42. The second-order valence-corrected chi connectivity index (χ2v) is 6.43. The van der Waals surface area contributed by atoms with E-state index < -0.39 is 0 Å². The zero-order chi connectivity index (χ0) is 18.0. The van der Waals surface area contributed by atoms with E-state index in [1.54, 1.807) is 18.4 Å². The summed E-state index contributed by atoms with van der Waals surface area (Å²) in [5.74, 6) is 1.66. The van der Waals surface area contributed by atoms with Crippen LogP contribution < -0.4 is 11.5 Å². The van der Waals surface area contributed by atoms with Crippen molar-refractivity contribution in [2.75, 3.05) is 11.5 Å². The monoisotopic (exact) mass is 364 g/mol. The largest absolute Gasteiger partial charge is 0.463 e. The lowest BCUT2D eigenvalue weighted by molar-refractivity contribution is 0.0721. The number of furan rings is 1. The SMILES string of the molecule is CCC1OC(Cl)CC1C.Nc1nc(N)c2c(-c3ccco3)[nH]nc2n1.